The van der Waals surface area contributed by atoms with Gasteiger partial charge in [-0.2, -0.15) is 0 Å². The van der Waals surface area contributed by atoms with Crippen LogP contribution in [0, 0.1) is 0 Å². The summed E-state index contributed by atoms with van der Waals surface area (Å²) in [7, 11) is 1.94. The first-order chi connectivity index (χ1) is 5.20. The van der Waals surface area contributed by atoms with Crippen LogP contribution in [0.2, 0.25) is 0 Å². The van der Waals surface area contributed by atoms with Crippen LogP contribution < -0.4 is 5.32 Å². The molecular formula is C10H17N. The monoisotopic (exact) mass is 151 g/mol. The smallest absolute Gasteiger partial charge is 0.0324 e. The highest BCUT2D eigenvalue weighted by Gasteiger charge is 1.99. The molecule has 0 aromatic carbocycles. The highest BCUT2D eigenvalue weighted by Crippen LogP contribution is 2.04. The van der Waals surface area contributed by atoms with Gasteiger partial charge in [-0.1, -0.05) is 12.2 Å². The maximum Gasteiger partial charge on any atom is 0.0324 e. The number of hydrogen-bond donors (Lipinski definition) is 1. The molecule has 0 aromatic rings. The molecule has 1 heteroatoms. The molecule has 1 atom stereocenters. The second kappa shape index (κ2) is 5.96. The van der Waals surface area contributed by atoms with Gasteiger partial charge in [0.25, 0.3) is 0 Å². The van der Waals surface area contributed by atoms with Crippen LogP contribution >= 0.6 is 0 Å². The zero-order valence-electron chi connectivity index (χ0n) is 7.48. The Labute approximate surface area is 69.5 Å². The van der Waals surface area contributed by atoms with Crippen LogP contribution in [-0.4, -0.2) is 13.1 Å². The van der Waals surface area contributed by atoms with E-state index in [1.165, 1.54) is 5.57 Å². The molecule has 0 aliphatic carbocycles. The summed E-state index contributed by atoms with van der Waals surface area (Å²) in [4.78, 5) is 0. The van der Waals surface area contributed by atoms with Crippen LogP contribution in [0.1, 0.15) is 19.8 Å². The number of rotatable bonds is 5. The Hall–Kier alpha value is -0.780. The molecule has 0 radical (unpaired) electrons. The lowest BCUT2D eigenvalue weighted by Crippen LogP contribution is -2.22. The standard InChI is InChI=1S/C10H17N/c1-5-6-10(11-4)8-7-9(2)3/h6,10-11H,1-2,7-8H2,3-4H3. The van der Waals surface area contributed by atoms with Crippen LogP contribution in [0.15, 0.2) is 30.5 Å². The molecule has 0 rings (SSSR count). The molecule has 0 spiro atoms. The first-order valence-corrected chi connectivity index (χ1v) is 3.88. The van der Waals surface area contributed by atoms with E-state index in [1.54, 1.807) is 0 Å². The average Bonchev–Trinajstić information content (AvgIpc) is 1.97. The van der Waals surface area contributed by atoms with Gasteiger partial charge >= 0.3 is 0 Å². The molecule has 0 aromatic heterocycles. The van der Waals surface area contributed by atoms with E-state index < -0.39 is 0 Å². The molecule has 1 unspecified atom stereocenters. The van der Waals surface area contributed by atoms with Crippen LogP contribution in [0.5, 0.6) is 0 Å². The van der Waals surface area contributed by atoms with Crippen molar-refractivity contribution in [3.63, 3.8) is 0 Å². The highest BCUT2D eigenvalue weighted by molar-refractivity contribution is 4.95. The molecule has 0 amide bonds. The Kier molecular flexibility index (Phi) is 5.54. The molecule has 0 saturated heterocycles. The SMILES string of the molecule is C=C=CC(CCC(=C)C)NC. The first kappa shape index (κ1) is 10.2. The van der Waals surface area contributed by atoms with Gasteiger partial charge in [0.05, 0.1) is 0 Å². The summed E-state index contributed by atoms with van der Waals surface area (Å²) in [5.41, 5.74) is 4.00. The maximum atomic E-state index is 3.84. The van der Waals surface area contributed by atoms with E-state index >= 15 is 0 Å². The van der Waals surface area contributed by atoms with E-state index in [-0.39, 0.29) is 0 Å². The second-order valence-electron chi connectivity index (χ2n) is 2.76. The Morgan fingerprint density at radius 3 is 2.73 bits per heavy atom. The van der Waals surface area contributed by atoms with Crippen LogP contribution in [0.4, 0.5) is 0 Å². The lowest BCUT2D eigenvalue weighted by molar-refractivity contribution is 0.613. The van der Waals surface area contributed by atoms with E-state index in [1.807, 2.05) is 20.0 Å². The highest BCUT2D eigenvalue weighted by atomic mass is 14.8. The third kappa shape index (κ3) is 5.65. The van der Waals surface area contributed by atoms with Crippen molar-refractivity contribution >= 4 is 0 Å². The summed E-state index contributed by atoms with van der Waals surface area (Å²) in [6, 6.07) is 0.393. The van der Waals surface area contributed by atoms with Crippen LogP contribution in [0.3, 0.4) is 0 Å². The van der Waals surface area contributed by atoms with Gasteiger partial charge in [0.1, 0.15) is 0 Å². The quantitative estimate of drug-likeness (QED) is 0.469. The number of allylic oxidation sites excluding steroid dienone is 1. The molecular weight excluding hydrogens is 134 g/mol. The Morgan fingerprint density at radius 1 is 1.73 bits per heavy atom. The van der Waals surface area contributed by atoms with Crippen molar-refractivity contribution in [2.75, 3.05) is 7.05 Å². The summed E-state index contributed by atoms with van der Waals surface area (Å²) in [5.74, 6) is 0. The molecule has 0 aliphatic rings. The predicted octanol–water partition coefficient (Wildman–Crippen LogP) is 2.27. The predicted molar refractivity (Wildman–Crippen MR) is 50.6 cm³/mol. The zero-order chi connectivity index (χ0) is 8.69. The van der Waals surface area contributed by atoms with Gasteiger partial charge in [0.15, 0.2) is 0 Å². The van der Waals surface area contributed by atoms with Gasteiger partial charge < -0.3 is 5.32 Å². The third-order valence-corrected chi connectivity index (χ3v) is 1.57. The maximum absolute atomic E-state index is 3.84. The summed E-state index contributed by atoms with van der Waals surface area (Å²) in [6.45, 7) is 9.42. The van der Waals surface area contributed by atoms with Crippen molar-refractivity contribution in [1.82, 2.24) is 5.32 Å². The molecule has 62 valence electrons. The molecule has 0 bridgehead atoms. The van der Waals surface area contributed by atoms with Crippen molar-refractivity contribution in [3.05, 3.63) is 30.5 Å². The molecule has 0 saturated carbocycles. The number of hydrogen-bond acceptors (Lipinski definition) is 1. The summed E-state index contributed by atoms with van der Waals surface area (Å²) in [6.07, 6.45) is 4.08. The molecule has 0 aliphatic heterocycles. The second-order valence-corrected chi connectivity index (χ2v) is 2.76. The first-order valence-electron chi connectivity index (χ1n) is 3.88. The Balaban J connectivity index is 3.69. The third-order valence-electron chi connectivity index (χ3n) is 1.57. The fourth-order valence-corrected chi connectivity index (χ4v) is 0.855. The largest absolute Gasteiger partial charge is 0.313 e. The summed E-state index contributed by atoms with van der Waals surface area (Å²) < 4.78 is 0. The lowest BCUT2D eigenvalue weighted by atomic mass is 10.1. The van der Waals surface area contributed by atoms with E-state index in [0.717, 1.165) is 12.8 Å². The van der Waals surface area contributed by atoms with Gasteiger partial charge in [-0.3, -0.25) is 0 Å². The Morgan fingerprint density at radius 2 is 2.36 bits per heavy atom. The van der Waals surface area contributed by atoms with Gasteiger partial charge in [0.2, 0.25) is 0 Å². The summed E-state index contributed by atoms with van der Waals surface area (Å²) >= 11 is 0. The minimum atomic E-state index is 0.393. The van der Waals surface area contributed by atoms with Crippen molar-refractivity contribution in [3.8, 4) is 0 Å². The van der Waals surface area contributed by atoms with Gasteiger partial charge in [-0.25, -0.2) is 0 Å². The minimum Gasteiger partial charge on any atom is -0.313 e. The molecule has 1 N–H and O–H groups in total. The molecule has 1 nitrogen and oxygen atoms in total. The van der Waals surface area contributed by atoms with Crippen molar-refractivity contribution in [2.45, 2.75) is 25.8 Å². The van der Waals surface area contributed by atoms with E-state index in [4.69, 9.17) is 0 Å². The van der Waals surface area contributed by atoms with E-state index in [9.17, 15) is 0 Å². The Bertz CT molecular complexity index is 164. The van der Waals surface area contributed by atoms with Crippen molar-refractivity contribution < 1.29 is 0 Å². The van der Waals surface area contributed by atoms with E-state index in [2.05, 4.69) is 24.2 Å². The fraction of sp³-hybridized carbons (Fsp3) is 0.500. The minimum absolute atomic E-state index is 0.393. The van der Waals surface area contributed by atoms with E-state index in [0.29, 0.717) is 6.04 Å². The fourth-order valence-electron chi connectivity index (χ4n) is 0.855. The molecule has 0 fully saturated rings. The van der Waals surface area contributed by atoms with Crippen LogP contribution in [-0.2, 0) is 0 Å². The zero-order valence-corrected chi connectivity index (χ0v) is 7.48. The van der Waals surface area contributed by atoms with Gasteiger partial charge in [-0.15, -0.1) is 12.3 Å². The lowest BCUT2D eigenvalue weighted by Gasteiger charge is -2.09. The summed E-state index contributed by atoms with van der Waals surface area (Å²) in [5, 5.41) is 3.16. The van der Waals surface area contributed by atoms with Crippen molar-refractivity contribution in [1.29, 1.82) is 0 Å². The van der Waals surface area contributed by atoms with Gasteiger partial charge in [-0.05, 0) is 32.9 Å². The topological polar surface area (TPSA) is 12.0 Å². The normalized spacial score (nSPS) is 11.8. The molecule has 11 heavy (non-hydrogen) atoms. The van der Waals surface area contributed by atoms with Gasteiger partial charge in [0, 0.05) is 6.04 Å². The molecule has 0 heterocycles. The van der Waals surface area contributed by atoms with Crippen molar-refractivity contribution in [2.24, 2.45) is 0 Å². The number of likely N-dealkylation sites (N-methyl/N-ethyl adjacent to an activating group) is 1. The average molecular weight is 151 g/mol. The number of nitrogens with one attached hydrogen (secondary N) is 1. The van der Waals surface area contributed by atoms with Crippen LogP contribution in [0.25, 0.3) is 0 Å².